The number of carbonyl (C=O) groups is 3. The van der Waals surface area contributed by atoms with Crippen molar-refractivity contribution >= 4 is 28.2 Å². The molecule has 0 bridgehead atoms. The summed E-state index contributed by atoms with van der Waals surface area (Å²) < 4.78 is 21.8. The van der Waals surface area contributed by atoms with E-state index in [0.29, 0.717) is 48.2 Å². The smallest absolute Gasteiger partial charge is 0.253 e. The predicted molar refractivity (Wildman–Crippen MR) is 104 cm³/mol. The maximum absolute atomic E-state index is 12.9. The highest BCUT2D eigenvalue weighted by Crippen LogP contribution is 2.28. The van der Waals surface area contributed by atoms with E-state index in [2.05, 4.69) is 0 Å². The molecule has 0 aromatic heterocycles. The largest absolute Gasteiger partial charge is 0.339 e. The molecule has 1 saturated heterocycles. The minimum absolute atomic E-state index is 0.0874. The Morgan fingerprint density at radius 1 is 0.893 bits per heavy atom. The lowest BCUT2D eigenvalue weighted by molar-refractivity contribution is 0.0698. The molecule has 0 spiro atoms. The van der Waals surface area contributed by atoms with E-state index in [9.17, 15) is 22.8 Å². The maximum atomic E-state index is 12.9. The fourth-order valence-corrected chi connectivity index (χ4v) is 4.73. The van der Waals surface area contributed by atoms with E-state index in [1.165, 1.54) is 6.07 Å². The summed E-state index contributed by atoms with van der Waals surface area (Å²) in [6.07, 6.45) is 1.29. The van der Waals surface area contributed by atoms with E-state index in [1.807, 2.05) is 0 Å². The monoisotopic (exact) mass is 397 g/mol. The molecular weight excluding hydrogens is 378 g/mol. The molecule has 6 nitrogen and oxygen atoms in total. The molecule has 0 radical (unpaired) electrons. The number of fused-ring (bicyclic) bond motifs is 2. The second-order valence-electron chi connectivity index (χ2n) is 7.22. The first-order chi connectivity index (χ1) is 13.5. The van der Waals surface area contributed by atoms with Crippen LogP contribution in [0.25, 0.3) is 0 Å². The van der Waals surface area contributed by atoms with Gasteiger partial charge in [-0.2, -0.15) is 0 Å². The van der Waals surface area contributed by atoms with Crippen LogP contribution in [-0.2, 0) is 10.7 Å². The Morgan fingerprint density at radius 3 is 2.07 bits per heavy atom. The summed E-state index contributed by atoms with van der Waals surface area (Å²) in [6, 6.07) is 11.3. The Kier molecular flexibility index (Phi) is 4.85. The van der Waals surface area contributed by atoms with Gasteiger partial charge < -0.3 is 4.90 Å². The number of benzene rings is 2. The lowest BCUT2D eigenvalue weighted by Gasteiger charge is -2.31. The van der Waals surface area contributed by atoms with Crippen LogP contribution >= 0.6 is 0 Å². The van der Waals surface area contributed by atoms with Crippen molar-refractivity contribution in [1.82, 2.24) is 4.90 Å². The molecule has 1 fully saturated rings. The van der Waals surface area contributed by atoms with E-state index in [-0.39, 0.29) is 34.7 Å². The topological polar surface area (TPSA) is 88.6 Å². The molecule has 4 rings (SSSR count). The summed E-state index contributed by atoms with van der Waals surface area (Å²) >= 11 is 0. The molecule has 7 heteroatoms. The van der Waals surface area contributed by atoms with Gasteiger partial charge in [0.15, 0.2) is 11.6 Å². The number of piperidine rings is 1. The van der Waals surface area contributed by atoms with E-state index in [0.717, 1.165) is 0 Å². The number of amides is 1. The van der Waals surface area contributed by atoms with Crippen molar-refractivity contribution in [3.8, 4) is 0 Å². The maximum Gasteiger partial charge on any atom is 0.253 e. The highest BCUT2D eigenvalue weighted by atomic mass is 32.2. The number of ketones is 2. The Labute approximate surface area is 164 Å². The molecule has 0 atom stereocenters. The summed E-state index contributed by atoms with van der Waals surface area (Å²) in [6.45, 7) is 0.971. The summed E-state index contributed by atoms with van der Waals surface area (Å²) in [5.74, 6) is -0.419. The lowest BCUT2D eigenvalue weighted by atomic mass is 9.83. The minimum Gasteiger partial charge on any atom is -0.339 e. The van der Waals surface area contributed by atoms with E-state index in [1.54, 1.807) is 41.3 Å². The average Bonchev–Trinajstić information content (AvgIpc) is 2.71. The average molecular weight is 397 g/mol. The zero-order chi connectivity index (χ0) is 19.8. The number of hydrogen-bond acceptors (Lipinski definition) is 5. The van der Waals surface area contributed by atoms with Gasteiger partial charge in [-0.1, -0.05) is 24.3 Å². The molecule has 1 amide bonds. The number of likely N-dealkylation sites (tertiary alicyclic amines) is 1. The molecule has 28 heavy (non-hydrogen) atoms. The van der Waals surface area contributed by atoms with Gasteiger partial charge in [0.25, 0.3) is 5.91 Å². The highest BCUT2D eigenvalue weighted by molar-refractivity contribution is 7.72. The van der Waals surface area contributed by atoms with E-state index in [4.69, 9.17) is 0 Å². The first kappa shape index (κ1) is 18.6. The van der Waals surface area contributed by atoms with Crippen LogP contribution in [0.1, 0.15) is 55.0 Å². The van der Waals surface area contributed by atoms with Crippen LogP contribution < -0.4 is 0 Å². The molecule has 1 heterocycles. The Bertz CT molecular complexity index is 1060. The normalized spacial score (nSPS) is 16.8. The van der Waals surface area contributed by atoms with Crippen LogP contribution in [0.3, 0.4) is 0 Å². The van der Waals surface area contributed by atoms with Crippen molar-refractivity contribution in [2.45, 2.75) is 12.8 Å². The summed E-state index contributed by atoms with van der Waals surface area (Å²) in [4.78, 5) is 40.0. The van der Waals surface area contributed by atoms with E-state index < -0.39 is 10.7 Å². The summed E-state index contributed by atoms with van der Waals surface area (Å²) in [7, 11) is -2.41. The number of hydrogen-bond donors (Lipinski definition) is 1. The second-order valence-corrected chi connectivity index (χ2v) is 8.25. The molecule has 0 unspecified atom stereocenters. The number of carbonyl (C=O) groups excluding carboxylic acids is 3. The van der Waals surface area contributed by atoms with Gasteiger partial charge in [0.1, 0.15) is 10.7 Å². The Hall–Kier alpha value is -2.80. The number of nitrogens with zero attached hydrogens (tertiary/aromatic N) is 1. The minimum atomic E-state index is -2.41. The van der Waals surface area contributed by atoms with Crippen molar-refractivity contribution in [3.05, 3.63) is 70.3 Å². The quantitative estimate of drug-likeness (QED) is 0.682. The van der Waals surface area contributed by atoms with Crippen LogP contribution in [0.15, 0.2) is 42.5 Å². The Morgan fingerprint density at radius 2 is 1.46 bits per heavy atom. The van der Waals surface area contributed by atoms with Gasteiger partial charge >= 0.3 is 0 Å². The third-order valence-corrected chi connectivity index (χ3v) is 6.30. The third-order valence-electron chi connectivity index (χ3n) is 5.48. The molecule has 0 N–H and O–H groups in total. The second kappa shape index (κ2) is 7.31. The van der Waals surface area contributed by atoms with Gasteiger partial charge in [0, 0.05) is 40.9 Å². The lowest BCUT2D eigenvalue weighted by Crippen LogP contribution is -2.39. The Balaban J connectivity index is 1.57. The standard InChI is InChI=1S/C21H19NO5S/c23-19-15-3-1-2-4-16(15)20(24)18-11-14(5-6-17(18)19)21(25)22-9-7-13(8-10-22)12-28(26)27/h1-6,11,13,28H,7-10,12H2. The highest BCUT2D eigenvalue weighted by Gasteiger charge is 2.31. The zero-order valence-corrected chi connectivity index (χ0v) is 16.0. The van der Waals surface area contributed by atoms with E-state index >= 15 is 0 Å². The van der Waals surface area contributed by atoms with Crippen LogP contribution in [-0.4, -0.2) is 49.6 Å². The summed E-state index contributed by atoms with van der Waals surface area (Å²) in [5, 5.41) is 0. The molecule has 2 aromatic rings. The molecule has 0 saturated carbocycles. The van der Waals surface area contributed by atoms with Crippen molar-refractivity contribution < 1.29 is 22.8 Å². The van der Waals surface area contributed by atoms with Crippen LogP contribution in [0.5, 0.6) is 0 Å². The van der Waals surface area contributed by atoms with Gasteiger partial charge in [-0.15, -0.1) is 0 Å². The van der Waals surface area contributed by atoms with Crippen molar-refractivity contribution in [2.24, 2.45) is 5.92 Å². The van der Waals surface area contributed by atoms with Crippen LogP contribution in [0.4, 0.5) is 0 Å². The van der Waals surface area contributed by atoms with Gasteiger partial charge in [-0.05, 0) is 37.0 Å². The number of rotatable bonds is 3. The zero-order valence-electron chi connectivity index (χ0n) is 15.1. The SMILES string of the molecule is O=C1c2ccccc2C(=O)c2cc(C(=O)N3CCC(C[SH](=O)=O)CC3)ccc21. The van der Waals surface area contributed by atoms with Gasteiger partial charge in [0.05, 0.1) is 5.75 Å². The molecule has 2 aliphatic rings. The summed E-state index contributed by atoms with van der Waals surface area (Å²) in [5.41, 5.74) is 1.69. The fourth-order valence-electron chi connectivity index (χ4n) is 3.94. The molecular formula is C21H19NO5S. The number of thiol groups is 1. The third kappa shape index (κ3) is 3.26. The van der Waals surface area contributed by atoms with Crippen molar-refractivity contribution in [3.63, 3.8) is 0 Å². The first-order valence-electron chi connectivity index (χ1n) is 9.19. The fraction of sp³-hybridized carbons (Fsp3) is 0.286. The first-order valence-corrected chi connectivity index (χ1v) is 10.6. The van der Waals surface area contributed by atoms with Gasteiger partial charge in [-0.25, -0.2) is 8.42 Å². The van der Waals surface area contributed by atoms with Gasteiger partial charge in [-0.3, -0.25) is 14.4 Å². The molecule has 1 aliphatic carbocycles. The molecule has 144 valence electrons. The van der Waals surface area contributed by atoms with Gasteiger partial charge in [0.2, 0.25) is 0 Å². The van der Waals surface area contributed by atoms with Crippen molar-refractivity contribution in [1.29, 1.82) is 0 Å². The van der Waals surface area contributed by atoms with Crippen LogP contribution in [0, 0.1) is 5.92 Å². The predicted octanol–water partition coefficient (Wildman–Crippen LogP) is 1.93. The van der Waals surface area contributed by atoms with Crippen LogP contribution in [0.2, 0.25) is 0 Å². The molecule has 2 aromatic carbocycles. The van der Waals surface area contributed by atoms with Crippen molar-refractivity contribution in [2.75, 3.05) is 18.8 Å². The molecule has 1 aliphatic heterocycles.